The highest BCUT2D eigenvalue weighted by Crippen LogP contribution is 2.30. The zero-order valence-electron chi connectivity index (χ0n) is 34.6. The van der Waals surface area contributed by atoms with Gasteiger partial charge in [-0.3, -0.25) is 47.4 Å². The zero-order chi connectivity index (χ0) is 45.6. The summed E-state index contributed by atoms with van der Waals surface area (Å²) in [5.74, 6) is -11.1. The van der Waals surface area contributed by atoms with Crippen molar-refractivity contribution < 1.29 is 62.7 Å². The minimum atomic E-state index is -2.34. The number of aliphatic hydroxyl groups is 1. The molecule has 338 valence electrons. The van der Waals surface area contributed by atoms with Crippen LogP contribution in [0.4, 0.5) is 0 Å². The van der Waals surface area contributed by atoms with Crippen molar-refractivity contribution in [2.45, 2.75) is 107 Å². The Balaban J connectivity index is 1.72. The predicted octanol–water partition coefficient (Wildman–Crippen LogP) is -3.26. The number of carboxylic acid groups (broad SMARTS) is 1. The standard InChI is InChI=1S/C39H53N9O13S/c1-5-17(3)31-36(58)41-13-28(51)42-26-16-62(61)38-22(21-8-7-19(49)9-23(21)45-38)11-24(33(55)40-14-29(52)46-31)43-37(59)32(18(4)6-2)47-35(57)27-10-20(50)15-48(27)39(60)25(12-30(53)54)44-34(26)56/h7-9,17-18,20,24-27,31-32,45,49-50H,5-6,10-16H2,1-4H3,(H,40,55)(H,41,58)(H,42,51)(H,43,59)(H,44,56)(H,46,52)(H,47,57)(H,53,54)/t17-,18-,20+,24-,25-,26-,27-,31-,32-,62?/m0/s1. The number of aromatic hydroxyl groups is 1. The number of phenolic OH excluding ortho intramolecular Hbond substituents is 1. The molecule has 11 N–H and O–H groups in total. The van der Waals surface area contributed by atoms with Gasteiger partial charge >= 0.3 is 5.97 Å². The largest absolute Gasteiger partial charge is 0.508 e. The van der Waals surface area contributed by atoms with E-state index in [1.807, 2.05) is 0 Å². The van der Waals surface area contributed by atoms with Gasteiger partial charge < -0.3 is 62.4 Å². The summed E-state index contributed by atoms with van der Waals surface area (Å²) in [6.07, 6.45) is -2.34. The number of hydrogen-bond acceptors (Lipinski definition) is 12. The summed E-state index contributed by atoms with van der Waals surface area (Å²) in [6.45, 7) is 4.90. The zero-order valence-corrected chi connectivity index (χ0v) is 35.4. The van der Waals surface area contributed by atoms with E-state index in [0.717, 1.165) is 4.90 Å². The SMILES string of the molecule is CC[C@H](C)[C@@H]1NC(=O)CNC(=O)[C@@H]2Cc3c([nH]c4cc(O)ccc34)S(=O)C[C@H](NC(=O)CNC1=O)C(=O)N[C@@H](CC(=O)O)C(=O)N1C[C@H](O)C[C@H]1C(=O)N[C@@H]([C@@H](C)CC)C(=O)N2. The van der Waals surface area contributed by atoms with E-state index < -0.39 is 156 Å². The number of carbonyl (C=O) groups excluding carboxylic acids is 8. The summed E-state index contributed by atoms with van der Waals surface area (Å²) >= 11 is 0. The number of aliphatic hydroxyl groups excluding tert-OH is 1. The van der Waals surface area contributed by atoms with Gasteiger partial charge in [-0.1, -0.05) is 40.5 Å². The first-order chi connectivity index (χ1) is 29.3. The van der Waals surface area contributed by atoms with Crippen LogP contribution in [0, 0.1) is 11.8 Å². The van der Waals surface area contributed by atoms with Gasteiger partial charge in [0.15, 0.2) is 0 Å². The summed E-state index contributed by atoms with van der Waals surface area (Å²) < 4.78 is 14.5. The Hall–Kier alpha value is -6.10. The number of carboxylic acids is 1. The van der Waals surface area contributed by atoms with Crippen LogP contribution in [-0.4, -0.2) is 150 Å². The maximum atomic E-state index is 14.5. The molecule has 0 aliphatic carbocycles. The molecule has 2 aromatic rings. The average Bonchev–Trinajstić information content (AvgIpc) is 3.80. The minimum Gasteiger partial charge on any atom is -0.508 e. The van der Waals surface area contributed by atoms with Crippen molar-refractivity contribution in [3.8, 4) is 5.75 Å². The first-order valence-electron chi connectivity index (χ1n) is 20.3. The lowest BCUT2D eigenvalue weighted by molar-refractivity contribution is -0.146. The van der Waals surface area contributed by atoms with Crippen LogP contribution in [0.2, 0.25) is 0 Å². The van der Waals surface area contributed by atoms with E-state index in [1.165, 1.54) is 18.2 Å². The van der Waals surface area contributed by atoms with Gasteiger partial charge in [0.25, 0.3) is 0 Å². The number of hydrogen-bond donors (Lipinski definition) is 11. The molecule has 8 amide bonds. The van der Waals surface area contributed by atoms with Crippen molar-refractivity contribution in [2.24, 2.45) is 11.8 Å². The second-order valence-electron chi connectivity index (χ2n) is 15.9. The number of nitrogens with one attached hydrogen (secondary N) is 8. The fourth-order valence-corrected chi connectivity index (χ4v) is 8.95. The van der Waals surface area contributed by atoms with Crippen LogP contribution < -0.4 is 37.2 Å². The number of fused-ring (bicyclic) bond motifs is 5. The number of aliphatic carboxylic acids is 1. The number of aromatic nitrogens is 1. The van der Waals surface area contributed by atoms with Gasteiger partial charge in [-0.25, -0.2) is 0 Å². The fraction of sp³-hybridized carbons (Fsp3) is 0.564. The summed E-state index contributed by atoms with van der Waals surface area (Å²) in [7, 11) is -2.34. The normalized spacial score (nSPS) is 28.5. The number of H-pyrrole nitrogens is 1. The number of amides is 8. The molecule has 22 nitrogen and oxygen atoms in total. The molecule has 23 heteroatoms. The maximum Gasteiger partial charge on any atom is 0.305 e. The molecular formula is C39H53N9O13S. The molecule has 10 atom stereocenters. The highest BCUT2D eigenvalue weighted by molar-refractivity contribution is 7.85. The van der Waals surface area contributed by atoms with E-state index in [-0.39, 0.29) is 28.3 Å². The monoisotopic (exact) mass is 887 g/mol. The summed E-state index contributed by atoms with van der Waals surface area (Å²) in [4.78, 5) is 127. The van der Waals surface area contributed by atoms with Gasteiger partial charge in [0, 0.05) is 30.8 Å². The van der Waals surface area contributed by atoms with Crippen LogP contribution in [0.15, 0.2) is 23.2 Å². The molecule has 1 fully saturated rings. The van der Waals surface area contributed by atoms with E-state index in [9.17, 15) is 62.7 Å². The third kappa shape index (κ3) is 11.0. The summed E-state index contributed by atoms with van der Waals surface area (Å²) in [5.41, 5.74) is 0.368. The van der Waals surface area contributed by atoms with Crippen molar-refractivity contribution in [1.29, 1.82) is 0 Å². The lowest BCUT2D eigenvalue weighted by atomic mass is 9.96. The number of carbonyl (C=O) groups is 9. The number of aromatic amines is 1. The van der Waals surface area contributed by atoms with Crippen molar-refractivity contribution in [3.05, 3.63) is 23.8 Å². The third-order valence-corrected chi connectivity index (χ3v) is 12.8. The minimum absolute atomic E-state index is 0.117. The summed E-state index contributed by atoms with van der Waals surface area (Å²) in [6, 6.07) is -5.22. The smallest absolute Gasteiger partial charge is 0.305 e. The summed E-state index contributed by atoms with van der Waals surface area (Å²) in [5, 5.41) is 48.4. The Morgan fingerprint density at radius 1 is 0.806 bits per heavy atom. The third-order valence-electron chi connectivity index (χ3n) is 11.4. The maximum absolute atomic E-state index is 14.5. The molecule has 1 aromatic carbocycles. The molecule has 0 radical (unpaired) electrons. The molecule has 3 aliphatic rings. The molecule has 0 spiro atoms. The van der Waals surface area contributed by atoms with Crippen LogP contribution in [0.1, 0.15) is 58.9 Å². The Labute approximate surface area is 357 Å². The van der Waals surface area contributed by atoms with Gasteiger partial charge in [0.1, 0.15) is 47.0 Å². The fourth-order valence-electron chi connectivity index (χ4n) is 7.55. The highest BCUT2D eigenvalue weighted by atomic mass is 32.2. The Morgan fingerprint density at radius 3 is 2.08 bits per heavy atom. The van der Waals surface area contributed by atoms with Gasteiger partial charge in [-0.15, -0.1) is 0 Å². The number of phenols is 1. The van der Waals surface area contributed by atoms with Crippen LogP contribution >= 0.6 is 0 Å². The Bertz CT molecular complexity index is 2150. The first kappa shape index (κ1) is 47.0. The Morgan fingerprint density at radius 2 is 1.44 bits per heavy atom. The molecule has 1 saturated heterocycles. The van der Waals surface area contributed by atoms with Crippen LogP contribution in [-0.2, 0) is 60.4 Å². The number of nitrogens with zero attached hydrogens (tertiary/aromatic N) is 1. The lowest BCUT2D eigenvalue weighted by Crippen LogP contribution is -2.61. The van der Waals surface area contributed by atoms with E-state index in [2.05, 4.69) is 42.2 Å². The van der Waals surface area contributed by atoms with Crippen molar-refractivity contribution >= 4 is 74.9 Å². The quantitative estimate of drug-likeness (QED) is 0.136. The highest BCUT2D eigenvalue weighted by Gasteiger charge is 2.44. The molecule has 0 saturated carbocycles. The topological polar surface area (TPSA) is 335 Å². The number of benzene rings is 1. The lowest BCUT2D eigenvalue weighted by Gasteiger charge is -2.31. The number of rotatable bonds is 6. The van der Waals surface area contributed by atoms with E-state index in [4.69, 9.17) is 0 Å². The van der Waals surface area contributed by atoms with Gasteiger partial charge in [-0.05, 0) is 29.5 Å². The van der Waals surface area contributed by atoms with Gasteiger partial charge in [0.2, 0.25) is 47.3 Å². The first-order valence-corrected chi connectivity index (χ1v) is 21.6. The van der Waals surface area contributed by atoms with Crippen molar-refractivity contribution in [2.75, 3.05) is 25.4 Å². The second-order valence-corrected chi connectivity index (χ2v) is 17.3. The average molecular weight is 888 g/mol. The molecule has 1 unspecified atom stereocenters. The van der Waals surface area contributed by atoms with E-state index in [1.54, 1.807) is 27.7 Å². The van der Waals surface area contributed by atoms with Crippen LogP contribution in [0.5, 0.6) is 5.75 Å². The van der Waals surface area contributed by atoms with Crippen LogP contribution in [0.3, 0.4) is 0 Å². The van der Waals surface area contributed by atoms with Crippen LogP contribution in [0.25, 0.3) is 10.9 Å². The molecular weight excluding hydrogens is 835 g/mol. The molecule has 62 heavy (non-hydrogen) atoms. The van der Waals surface area contributed by atoms with E-state index >= 15 is 0 Å². The molecule has 4 heterocycles. The van der Waals surface area contributed by atoms with Crippen molar-refractivity contribution in [3.63, 3.8) is 0 Å². The molecule has 5 rings (SSSR count). The van der Waals surface area contributed by atoms with E-state index in [0.29, 0.717) is 18.2 Å². The van der Waals surface area contributed by atoms with Gasteiger partial charge in [0.05, 0.1) is 47.7 Å². The molecule has 1 aromatic heterocycles. The van der Waals surface area contributed by atoms with Gasteiger partial charge in [-0.2, -0.15) is 0 Å². The van der Waals surface area contributed by atoms with Crippen molar-refractivity contribution in [1.82, 2.24) is 47.1 Å². The predicted molar refractivity (Wildman–Crippen MR) is 218 cm³/mol. The molecule has 2 bridgehead atoms. The Kier molecular flexibility index (Phi) is 15.3. The molecule has 3 aliphatic heterocycles. The second kappa shape index (κ2) is 20.2.